The largest absolute Gasteiger partial charge is 0.544 e. The Morgan fingerprint density at radius 3 is 2.00 bits per heavy atom. The highest BCUT2D eigenvalue weighted by Gasteiger charge is 2.20. The van der Waals surface area contributed by atoms with Crippen molar-refractivity contribution in [3.63, 3.8) is 0 Å². The molecule has 0 saturated carbocycles. The van der Waals surface area contributed by atoms with Crippen LogP contribution in [0.25, 0.3) is 5.76 Å². The smallest absolute Gasteiger partial charge is 0.242 e. The Bertz CT molecular complexity index is 481. The van der Waals surface area contributed by atoms with Crippen LogP contribution in [0.5, 0.6) is 0 Å². The fraction of sp³-hybridized carbons (Fsp3) is 0.412. The summed E-state index contributed by atoms with van der Waals surface area (Å²) in [7, 11) is -1.61. The predicted octanol–water partition coefficient (Wildman–Crippen LogP) is 5.38. The Morgan fingerprint density at radius 1 is 1.05 bits per heavy atom. The molecule has 0 amide bonds. The number of hydrogen-bond donors (Lipinski definition) is 0. The zero-order valence-electron chi connectivity index (χ0n) is 13.3. The number of hydrogen-bond acceptors (Lipinski definition) is 1. The third-order valence-electron chi connectivity index (χ3n) is 2.78. The predicted molar refractivity (Wildman–Crippen MR) is 87.9 cm³/mol. The van der Waals surface area contributed by atoms with E-state index in [1.165, 1.54) is 22.3 Å². The van der Waals surface area contributed by atoms with E-state index < -0.39 is 8.32 Å². The molecule has 0 atom stereocenters. The van der Waals surface area contributed by atoms with Crippen molar-refractivity contribution in [3.8, 4) is 0 Å². The van der Waals surface area contributed by atoms with Crippen molar-refractivity contribution < 1.29 is 4.43 Å². The van der Waals surface area contributed by atoms with E-state index in [4.69, 9.17) is 4.43 Å². The van der Waals surface area contributed by atoms with Crippen molar-refractivity contribution in [2.75, 3.05) is 0 Å². The van der Waals surface area contributed by atoms with Crippen LogP contribution in [0.1, 0.15) is 29.2 Å². The van der Waals surface area contributed by atoms with Crippen LogP contribution >= 0.6 is 0 Å². The van der Waals surface area contributed by atoms with E-state index in [-0.39, 0.29) is 0 Å². The molecule has 104 valence electrons. The Kier molecular flexibility index (Phi) is 5.18. The first-order chi connectivity index (χ1) is 8.74. The highest BCUT2D eigenvalue weighted by molar-refractivity contribution is 6.70. The van der Waals surface area contributed by atoms with Crippen LogP contribution in [-0.2, 0) is 4.43 Å². The monoisotopic (exact) mass is 274 g/mol. The van der Waals surface area contributed by atoms with Crippen molar-refractivity contribution in [2.24, 2.45) is 0 Å². The minimum absolute atomic E-state index is 1.01. The van der Waals surface area contributed by atoms with E-state index in [0.29, 0.717) is 0 Å². The summed E-state index contributed by atoms with van der Waals surface area (Å²) in [6, 6.07) is 4.44. The molecule has 0 saturated heterocycles. The van der Waals surface area contributed by atoms with Gasteiger partial charge in [0.15, 0.2) is 0 Å². The third kappa shape index (κ3) is 4.71. The molecule has 1 aromatic carbocycles. The normalized spacial score (nSPS) is 13.1. The Balaban J connectivity index is 3.34. The topological polar surface area (TPSA) is 9.23 Å². The van der Waals surface area contributed by atoms with Crippen LogP contribution < -0.4 is 0 Å². The second-order valence-electron chi connectivity index (χ2n) is 6.04. The molecule has 0 spiro atoms. The summed E-state index contributed by atoms with van der Waals surface area (Å²) in [4.78, 5) is 0. The molecule has 0 aliphatic heterocycles. The van der Waals surface area contributed by atoms with Gasteiger partial charge in [0, 0.05) is 5.56 Å². The van der Waals surface area contributed by atoms with Crippen LogP contribution in [0.2, 0.25) is 19.6 Å². The minimum Gasteiger partial charge on any atom is -0.544 e. The molecule has 1 nitrogen and oxygen atoms in total. The molecule has 0 aliphatic rings. The number of benzene rings is 1. The first-order valence-corrected chi connectivity index (χ1v) is 10.3. The molecule has 0 heterocycles. The van der Waals surface area contributed by atoms with E-state index in [9.17, 15) is 0 Å². The van der Waals surface area contributed by atoms with E-state index in [2.05, 4.69) is 58.6 Å². The molecule has 19 heavy (non-hydrogen) atoms. The van der Waals surface area contributed by atoms with E-state index in [1.807, 2.05) is 19.1 Å². The molecular weight excluding hydrogens is 248 g/mol. The van der Waals surface area contributed by atoms with Gasteiger partial charge in [0.05, 0.1) is 0 Å². The lowest BCUT2D eigenvalue weighted by Gasteiger charge is -2.24. The van der Waals surface area contributed by atoms with Gasteiger partial charge in [0.1, 0.15) is 5.76 Å². The summed E-state index contributed by atoms with van der Waals surface area (Å²) in [5.41, 5.74) is 5.11. The van der Waals surface area contributed by atoms with Gasteiger partial charge < -0.3 is 4.43 Å². The van der Waals surface area contributed by atoms with Crippen molar-refractivity contribution in [1.82, 2.24) is 0 Å². The standard InChI is InChI=1S/C17H26OSi/c1-8-9-10-16(18-19(5,6)7)17-14(3)11-13(2)12-15(17)4/h8-12H,1-7H3/b9-8+,16-10-. The SMILES string of the molecule is C/C=C/C=C(\O[Si](C)(C)C)c1c(C)cc(C)cc1C. The Hall–Kier alpha value is -1.28. The lowest BCUT2D eigenvalue weighted by molar-refractivity contribution is 0.513. The molecule has 0 radical (unpaired) electrons. The summed E-state index contributed by atoms with van der Waals surface area (Å²) >= 11 is 0. The minimum atomic E-state index is -1.61. The number of allylic oxidation sites excluding steroid dienone is 3. The molecule has 0 bridgehead atoms. The van der Waals surface area contributed by atoms with Crippen LogP contribution in [0.3, 0.4) is 0 Å². The van der Waals surface area contributed by atoms with Crippen molar-refractivity contribution in [2.45, 2.75) is 47.3 Å². The summed E-state index contributed by atoms with van der Waals surface area (Å²) in [5.74, 6) is 1.01. The van der Waals surface area contributed by atoms with Gasteiger partial charge in [-0.15, -0.1) is 0 Å². The molecule has 1 rings (SSSR count). The lowest BCUT2D eigenvalue weighted by atomic mass is 9.98. The summed E-state index contributed by atoms with van der Waals surface area (Å²) in [6.07, 6.45) is 6.17. The van der Waals surface area contributed by atoms with E-state index in [0.717, 1.165) is 5.76 Å². The van der Waals surface area contributed by atoms with Gasteiger partial charge in [0.2, 0.25) is 8.32 Å². The van der Waals surface area contributed by atoms with Crippen molar-refractivity contribution in [3.05, 3.63) is 52.6 Å². The van der Waals surface area contributed by atoms with Crippen LogP contribution in [-0.4, -0.2) is 8.32 Å². The molecular formula is C17H26OSi. The molecule has 0 N–H and O–H groups in total. The summed E-state index contributed by atoms with van der Waals surface area (Å²) < 4.78 is 6.28. The summed E-state index contributed by atoms with van der Waals surface area (Å²) in [6.45, 7) is 15.1. The van der Waals surface area contributed by atoms with Gasteiger partial charge >= 0.3 is 0 Å². The average molecular weight is 274 g/mol. The van der Waals surface area contributed by atoms with Gasteiger partial charge in [-0.3, -0.25) is 0 Å². The average Bonchev–Trinajstić information content (AvgIpc) is 2.22. The first-order valence-electron chi connectivity index (χ1n) is 6.85. The Labute approximate surface area is 119 Å². The Morgan fingerprint density at radius 2 is 1.58 bits per heavy atom. The maximum atomic E-state index is 6.28. The second kappa shape index (κ2) is 6.24. The molecule has 0 aromatic heterocycles. The van der Waals surface area contributed by atoms with Gasteiger partial charge in [-0.05, 0) is 64.5 Å². The third-order valence-corrected chi connectivity index (χ3v) is 3.61. The zero-order valence-corrected chi connectivity index (χ0v) is 14.3. The fourth-order valence-corrected chi connectivity index (χ4v) is 3.08. The second-order valence-corrected chi connectivity index (χ2v) is 10.5. The molecule has 0 aliphatic carbocycles. The van der Waals surface area contributed by atoms with E-state index in [1.54, 1.807) is 0 Å². The molecule has 1 aromatic rings. The first kappa shape index (κ1) is 15.8. The quantitative estimate of drug-likeness (QED) is 0.407. The lowest BCUT2D eigenvalue weighted by Crippen LogP contribution is -2.24. The number of aryl methyl sites for hydroxylation is 3. The van der Waals surface area contributed by atoms with Crippen LogP contribution in [0, 0.1) is 20.8 Å². The maximum absolute atomic E-state index is 6.28. The van der Waals surface area contributed by atoms with E-state index >= 15 is 0 Å². The van der Waals surface area contributed by atoms with Gasteiger partial charge in [0.25, 0.3) is 0 Å². The van der Waals surface area contributed by atoms with Gasteiger partial charge in [-0.25, -0.2) is 0 Å². The van der Waals surface area contributed by atoms with Crippen molar-refractivity contribution >= 4 is 14.1 Å². The summed E-state index contributed by atoms with van der Waals surface area (Å²) in [5, 5.41) is 0. The highest BCUT2D eigenvalue weighted by Crippen LogP contribution is 2.28. The molecule has 2 heteroatoms. The van der Waals surface area contributed by atoms with Crippen LogP contribution in [0.4, 0.5) is 0 Å². The number of rotatable bonds is 4. The molecule has 0 fully saturated rings. The van der Waals surface area contributed by atoms with Gasteiger partial charge in [-0.2, -0.15) is 0 Å². The zero-order chi connectivity index (χ0) is 14.6. The molecule has 0 unspecified atom stereocenters. The fourth-order valence-electron chi connectivity index (χ4n) is 2.25. The van der Waals surface area contributed by atoms with Crippen molar-refractivity contribution in [1.29, 1.82) is 0 Å². The van der Waals surface area contributed by atoms with Crippen LogP contribution in [0.15, 0.2) is 30.4 Å². The maximum Gasteiger partial charge on any atom is 0.242 e. The highest BCUT2D eigenvalue weighted by atomic mass is 28.4. The van der Waals surface area contributed by atoms with Gasteiger partial charge in [-0.1, -0.05) is 29.8 Å².